The van der Waals surface area contributed by atoms with Crippen LogP contribution in [0.25, 0.3) is 11.4 Å². The zero-order valence-corrected chi connectivity index (χ0v) is 16.0. The minimum Gasteiger partial charge on any atom is -0.497 e. The molecule has 0 spiro atoms. The number of nitrogens with one attached hydrogen (secondary N) is 1. The van der Waals surface area contributed by atoms with Gasteiger partial charge in [-0.15, -0.1) is 10.2 Å². The number of methoxy groups -OCH3 is 1. The van der Waals surface area contributed by atoms with E-state index in [1.165, 1.54) is 4.90 Å². The predicted octanol–water partition coefficient (Wildman–Crippen LogP) is 0.859. The van der Waals surface area contributed by atoms with Gasteiger partial charge < -0.3 is 19.3 Å². The summed E-state index contributed by atoms with van der Waals surface area (Å²) in [6.45, 7) is 3.40. The summed E-state index contributed by atoms with van der Waals surface area (Å²) in [5.41, 5.74) is 0.816. The Bertz CT molecular complexity index is 896. The predicted molar refractivity (Wildman–Crippen MR) is 100.0 cm³/mol. The first-order chi connectivity index (χ1) is 13.6. The molecule has 2 aromatic rings. The van der Waals surface area contributed by atoms with Gasteiger partial charge in [-0.05, 0) is 31.2 Å². The fourth-order valence-electron chi connectivity index (χ4n) is 3.68. The number of rotatable bonds is 6. The molecule has 1 aromatic heterocycles. The van der Waals surface area contributed by atoms with Crippen LogP contribution in [-0.4, -0.2) is 71.6 Å². The summed E-state index contributed by atoms with van der Waals surface area (Å²) < 4.78 is 12.5. The molecule has 1 fully saturated rings. The van der Waals surface area contributed by atoms with Crippen molar-refractivity contribution in [3.63, 3.8) is 0 Å². The Labute approximate surface area is 162 Å². The first-order valence-electron chi connectivity index (χ1n) is 9.08. The van der Waals surface area contributed by atoms with Crippen molar-refractivity contribution in [3.05, 3.63) is 24.3 Å². The van der Waals surface area contributed by atoms with Gasteiger partial charge in [0, 0.05) is 25.8 Å². The van der Waals surface area contributed by atoms with E-state index in [2.05, 4.69) is 15.5 Å². The monoisotopic (exact) mass is 386 g/mol. The highest BCUT2D eigenvalue weighted by molar-refractivity contribution is 6.02. The Morgan fingerprint density at radius 1 is 1.18 bits per heavy atom. The molecule has 148 valence electrons. The molecule has 1 aromatic carbocycles. The number of benzene rings is 1. The average Bonchev–Trinajstić information content (AvgIpc) is 3.26. The standard InChI is InChI=1S/C18H22N6O4/c1-4-28-10-9-23-13-15(25)19-18(26)22(2)16(13)24-14(20-21-17(23)24)11-5-7-12(27-3)8-6-11/h5-8,13,16H,4,9-10H2,1-3H3,(H,19,25,26). The van der Waals surface area contributed by atoms with E-state index in [0.717, 1.165) is 11.3 Å². The number of imide groups is 1. The highest BCUT2D eigenvalue weighted by Crippen LogP contribution is 2.40. The van der Waals surface area contributed by atoms with E-state index >= 15 is 0 Å². The topological polar surface area (TPSA) is 102 Å². The minimum absolute atomic E-state index is 0.351. The lowest BCUT2D eigenvalue weighted by atomic mass is 10.1. The van der Waals surface area contributed by atoms with Crippen LogP contribution < -0.4 is 15.0 Å². The summed E-state index contributed by atoms with van der Waals surface area (Å²) in [4.78, 5) is 28.3. The van der Waals surface area contributed by atoms with Gasteiger partial charge in [0.1, 0.15) is 11.9 Å². The maximum atomic E-state index is 12.7. The number of fused-ring (bicyclic) bond motifs is 3. The maximum absolute atomic E-state index is 12.7. The van der Waals surface area contributed by atoms with Crippen molar-refractivity contribution >= 4 is 17.9 Å². The van der Waals surface area contributed by atoms with Gasteiger partial charge in [0.25, 0.3) is 5.91 Å². The number of urea groups is 1. The summed E-state index contributed by atoms with van der Waals surface area (Å²) in [6.07, 6.45) is -0.537. The number of carbonyl (C=O) groups excluding carboxylic acids is 2. The number of aromatic nitrogens is 3. The van der Waals surface area contributed by atoms with Gasteiger partial charge in [0.15, 0.2) is 11.9 Å². The number of likely N-dealkylation sites (N-methyl/N-ethyl adjacent to an activating group) is 1. The van der Waals surface area contributed by atoms with Gasteiger partial charge in [-0.1, -0.05) is 0 Å². The van der Waals surface area contributed by atoms with E-state index in [0.29, 0.717) is 31.5 Å². The average molecular weight is 386 g/mol. The number of carbonyl (C=O) groups is 2. The molecular formula is C18H22N6O4. The van der Waals surface area contributed by atoms with Crippen molar-refractivity contribution in [3.8, 4) is 17.1 Å². The molecule has 28 heavy (non-hydrogen) atoms. The van der Waals surface area contributed by atoms with Crippen LogP contribution >= 0.6 is 0 Å². The zero-order valence-electron chi connectivity index (χ0n) is 16.0. The van der Waals surface area contributed by atoms with Crippen LogP contribution in [0.15, 0.2) is 24.3 Å². The Hall–Kier alpha value is -3.14. The first-order valence-corrected chi connectivity index (χ1v) is 9.08. The molecule has 0 bridgehead atoms. The lowest BCUT2D eigenvalue weighted by molar-refractivity contribution is -0.124. The van der Waals surface area contributed by atoms with Crippen molar-refractivity contribution in [2.75, 3.05) is 38.8 Å². The van der Waals surface area contributed by atoms with Gasteiger partial charge in [0.05, 0.1) is 13.7 Å². The van der Waals surface area contributed by atoms with Crippen LogP contribution in [0.4, 0.5) is 10.7 Å². The Balaban J connectivity index is 1.78. The van der Waals surface area contributed by atoms with Crippen LogP contribution in [0.3, 0.4) is 0 Å². The second-order valence-corrected chi connectivity index (χ2v) is 6.58. The van der Waals surface area contributed by atoms with Crippen LogP contribution in [-0.2, 0) is 9.53 Å². The molecule has 4 rings (SSSR count). The number of amides is 3. The largest absolute Gasteiger partial charge is 0.497 e. The number of nitrogens with zero attached hydrogens (tertiary/aromatic N) is 5. The first kappa shape index (κ1) is 18.2. The molecule has 1 saturated heterocycles. The van der Waals surface area contributed by atoms with Gasteiger partial charge in [-0.3, -0.25) is 14.7 Å². The number of hydrogen-bond donors (Lipinski definition) is 1. The second kappa shape index (κ2) is 7.12. The smallest absolute Gasteiger partial charge is 0.325 e. The molecule has 0 radical (unpaired) electrons. The SMILES string of the molecule is CCOCCN1c2nnc(-c3ccc(OC)cc3)n2C2C1C(=O)NC(=O)N2C. The molecule has 3 amide bonds. The third kappa shape index (κ3) is 2.76. The van der Waals surface area contributed by atoms with Crippen LogP contribution in [0.2, 0.25) is 0 Å². The molecule has 2 aliphatic heterocycles. The quantitative estimate of drug-likeness (QED) is 0.735. The number of anilines is 1. The molecule has 2 aliphatic rings. The van der Waals surface area contributed by atoms with Crippen molar-refractivity contribution < 1.29 is 19.1 Å². The number of hydrogen-bond acceptors (Lipinski definition) is 7. The minimum atomic E-state index is -0.592. The van der Waals surface area contributed by atoms with Gasteiger partial charge in [0.2, 0.25) is 5.95 Å². The summed E-state index contributed by atoms with van der Waals surface area (Å²) in [6, 6.07) is 6.37. The highest BCUT2D eigenvalue weighted by Gasteiger charge is 2.52. The molecule has 10 nitrogen and oxygen atoms in total. The van der Waals surface area contributed by atoms with E-state index < -0.39 is 18.2 Å². The summed E-state index contributed by atoms with van der Waals surface area (Å²) in [5.74, 6) is 1.50. The third-order valence-electron chi connectivity index (χ3n) is 5.06. The van der Waals surface area contributed by atoms with E-state index in [4.69, 9.17) is 9.47 Å². The van der Waals surface area contributed by atoms with Crippen molar-refractivity contribution in [2.24, 2.45) is 0 Å². The van der Waals surface area contributed by atoms with Crippen molar-refractivity contribution in [1.82, 2.24) is 25.0 Å². The van der Waals surface area contributed by atoms with E-state index in [1.807, 2.05) is 40.7 Å². The van der Waals surface area contributed by atoms with E-state index in [1.54, 1.807) is 14.2 Å². The molecule has 2 atom stereocenters. The summed E-state index contributed by atoms with van der Waals surface area (Å²) in [7, 11) is 3.26. The fourth-order valence-corrected chi connectivity index (χ4v) is 3.68. The molecule has 2 unspecified atom stereocenters. The molecule has 1 N–H and O–H groups in total. The summed E-state index contributed by atoms with van der Waals surface area (Å²) in [5, 5.41) is 11.1. The molecular weight excluding hydrogens is 364 g/mol. The molecule has 10 heteroatoms. The van der Waals surface area contributed by atoms with Crippen LogP contribution in [0.1, 0.15) is 13.1 Å². The van der Waals surface area contributed by atoms with Gasteiger partial charge in [-0.25, -0.2) is 4.79 Å². The van der Waals surface area contributed by atoms with Crippen LogP contribution in [0, 0.1) is 0 Å². The van der Waals surface area contributed by atoms with Crippen LogP contribution in [0.5, 0.6) is 5.75 Å². The summed E-state index contributed by atoms with van der Waals surface area (Å²) >= 11 is 0. The highest BCUT2D eigenvalue weighted by atomic mass is 16.5. The maximum Gasteiger partial charge on any atom is 0.325 e. The molecule has 3 heterocycles. The number of ether oxygens (including phenoxy) is 2. The Kier molecular flexibility index (Phi) is 4.63. The lowest BCUT2D eigenvalue weighted by Crippen LogP contribution is -2.61. The second-order valence-electron chi connectivity index (χ2n) is 6.58. The van der Waals surface area contributed by atoms with E-state index in [-0.39, 0.29) is 5.91 Å². The third-order valence-corrected chi connectivity index (χ3v) is 5.06. The molecule has 0 aliphatic carbocycles. The lowest BCUT2D eigenvalue weighted by Gasteiger charge is -2.37. The van der Waals surface area contributed by atoms with Gasteiger partial charge >= 0.3 is 6.03 Å². The Morgan fingerprint density at radius 3 is 2.61 bits per heavy atom. The normalized spacial score (nSPS) is 20.8. The fraction of sp³-hybridized carbons (Fsp3) is 0.444. The Morgan fingerprint density at radius 2 is 1.93 bits per heavy atom. The van der Waals surface area contributed by atoms with Crippen molar-refractivity contribution in [1.29, 1.82) is 0 Å². The van der Waals surface area contributed by atoms with E-state index in [9.17, 15) is 9.59 Å². The van der Waals surface area contributed by atoms with Gasteiger partial charge in [-0.2, -0.15) is 0 Å². The zero-order chi connectivity index (χ0) is 19.8. The van der Waals surface area contributed by atoms with Crippen molar-refractivity contribution in [2.45, 2.75) is 19.1 Å². The molecule has 0 saturated carbocycles.